The second-order valence-corrected chi connectivity index (χ2v) is 6.42. The Morgan fingerprint density at radius 1 is 1.00 bits per heavy atom. The molecule has 2 nitrogen and oxygen atoms in total. The van der Waals surface area contributed by atoms with E-state index in [0.29, 0.717) is 6.61 Å². The van der Waals surface area contributed by atoms with Crippen molar-refractivity contribution in [2.75, 3.05) is 27.2 Å². The molecule has 1 unspecified atom stereocenters. The Morgan fingerprint density at radius 3 is 2.32 bits per heavy atom. The normalized spacial score (nSPS) is 12.6. The van der Waals surface area contributed by atoms with E-state index >= 15 is 0 Å². The van der Waals surface area contributed by atoms with Gasteiger partial charge in [0.05, 0.1) is 12.7 Å². The Bertz CT molecular complexity index is 601. The average molecular weight is 338 g/mol. The minimum Gasteiger partial charge on any atom is -0.372 e. The van der Waals surface area contributed by atoms with Crippen molar-refractivity contribution in [2.24, 2.45) is 0 Å². The van der Waals surface area contributed by atoms with Crippen molar-refractivity contribution < 1.29 is 4.74 Å². The fraction of sp³-hybridized carbons (Fsp3) is 0.333. The summed E-state index contributed by atoms with van der Waals surface area (Å²) in [4.78, 5) is 2.11. The lowest BCUT2D eigenvalue weighted by Crippen LogP contribution is -2.20. The van der Waals surface area contributed by atoms with Crippen LogP contribution in [0.4, 0.5) is 0 Å². The van der Waals surface area contributed by atoms with Crippen LogP contribution in [0.5, 0.6) is 0 Å². The first-order valence-electron chi connectivity index (χ1n) is 7.31. The molecular formula is C18H21Cl2NO. The van der Waals surface area contributed by atoms with Crippen molar-refractivity contribution in [2.45, 2.75) is 12.5 Å². The van der Waals surface area contributed by atoms with E-state index in [-0.39, 0.29) is 6.10 Å². The zero-order chi connectivity index (χ0) is 15.9. The highest BCUT2D eigenvalue weighted by Crippen LogP contribution is 2.25. The highest BCUT2D eigenvalue weighted by atomic mass is 35.5. The molecule has 1 atom stereocenters. The minimum absolute atomic E-state index is 0.0304. The van der Waals surface area contributed by atoms with Crippen LogP contribution in [-0.4, -0.2) is 32.1 Å². The highest BCUT2D eigenvalue weighted by Gasteiger charge is 2.14. The van der Waals surface area contributed by atoms with Crippen LogP contribution in [0.3, 0.4) is 0 Å². The topological polar surface area (TPSA) is 12.5 Å². The molecule has 0 aliphatic heterocycles. The van der Waals surface area contributed by atoms with Crippen molar-refractivity contribution >= 4 is 23.2 Å². The standard InChI is InChI=1S/C18H21Cl2NO/c1-21(2)9-10-22-18(15-6-4-8-17(20)13-15)12-14-5-3-7-16(19)11-14/h3-8,11,13,18H,9-10,12H2,1-2H3. The van der Waals surface area contributed by atoms with Crippen LogP contribution >= 0.6 is 23.2 Å². The third-order valence-corrected chi connectivity index (χ3v) is 3.86. The van der Waals surface area contributed by atoms with Gasteiger partial charge in [0.15, 0.2) is 0 Å². The average Bonchev–Trinajstić information content (AvgIpc) is 2.46. The summed E-state index contributed by atoms with van der Waals surface area (Å²) < 4.78 is 6.09. The Balaban J connectivity index is 2.13. The molecule has 0 saturated heterocycles. The Labute approximate surface area is 142 Å². The summed E-state index contributed by atoms with van der Waals surface area (Å²) in [6.45, 7) is 1.55. The van der Waals surface area contributed by atoms with Gasteiger partial charge in [-0.1, -0.05) is 47.5 Å². The van der Waals surface area contributed by atoms with Gasteiger partial charge in [-0.3, -0.25) is 0 Å². The molecule has 2 rings (SSSR count). The van der Waals surface area contributed by atoms with Gasteiger partial charge < -0.3 is 9.64 Å². The van der Waals surface area contributed by atoms with Crippen LogP contribution in [0.2, 0.25) is 10.0 Å². The summed E-state index contributed by atoms with van der Waals surface area (Å²) in [5, 5.41) is 1.47. The van der Waals surface area contributed by atoms with E-state index in [1.165, 1.54) is 0 Å². The number of rotatable bonds is 7. The van der Waals surface area contributed by atoms with E-state index in [9.17, 15) is 0 Å². The minimum atomic E-state index is -0.0304. The van der Waals surface area contributed by atoms with E-state index in [0.717, 1.165) is 34.1 Å². The lowest BCUT2D eigenvalue weighted by Gasteiger charge is -2.20. The molecular weight excluding hydrogens is 317 g/mol. The Kier molecular flexibility index (Phi) is 6.71. The molecule has 0 aromatic heterocycles. The quantitative estimate of drug-likeness (QED) is 0.715. The van der Waals surface area contributed by atoms with Crippen LogP contribution < -0.4 is 0 Å². The number of nitrogens with zero attached hydrogens (tertiary/aromatic N) is 1. The fourth-order valence-electron chi connectivity index (χ4n) is 2.24. The van der Waals surface area contributed by atoms with Crippen molar-refractivity contribution in [3.63, 3.8) is 0 Å². The smallest absolute Gasteiger partial charge is 0.0866 e. The van der Waals surface area contributed by atoms with Gasteiger partial charge in [-0.15, -0.1) is 0 Å². The number of halogens is 2. The molecule has 0 bridgehead atoms. The van der Waals surface area contributed by atoms with Gasteiger partial charge in [0.25, 0.3) is 0 Å². The Hall–Kier alpha value is -1.06. The molecule has 2 aromatic carbocycles. The summed E-state index contributed by atoms with van der Waals surface area (Å²) >= 11 is 12.2. The second-order valence-electron chi connectivity index (χ2n) is 5.55. The summed E-state index contributed by atoms with van der Waals surface area (Å²) in [5.74, 6) is 0. The lowest BCUT2D eigenvalue weighted by atomic mass is 10.0. The summed E-state index contributed by atoms with van der Waals surface area (Å²) in [6.07, 6.45) is 0.742. The molecule has 0 saturated carbocycles. The molecule has 0 spiro atoms. The molecule has 2 aromatic rings. The van der Waals surface area contributed by atoms with Gasteiger partial charge in [0.2, 0.25) is 0 Å². The fourth-order valence-corrected chi connectivity index (χ4v) is 2.65. The molecule has 0 heterocycles. The molecule has 0 amide bonds. The predicted molar refractivity (Wildman–Crippen MR) is 93.9 cm³/mol. The Morgan fingerprint density at radius 2 is 1.68 bits per heavy atom. The highest BCUT2D eigenvalue weighted by molar-refractivity contribution is 6.30. The van der Waals surface area contributed by atoms with Gasteiger partial charge in [0, 0.05) is 23.0 Å². The molecule has 0 radical (unpaired) electrons. The van der Waals surface area contributed by atoms with E-state index in [1.54, 1.807) is 0 Å². The summed E-state index contributed by atoms with van der Waals surface area (Å²) in [6, 6.07) is 15.7. The van der Waals surface area contributed by atoms with Crippen LogP contribution in [-0.2, 0) is 11.2 Å². The molecule has 118 valence electrons. The number of benzene rings is 2. The van der Waals surface area contributed by atoms with Crippen LogP contribution in [0.15, 0.2) is 48.5 Å². The van der Waals surface area contributed by atoms with Gasteiger partial charge >= 0.3 is 0 Å². The maximum absolute atomic E-state index is 6.12. The van der Waals surface area contributed by atoms with Gasteiger partial charge in [-0.25, -0.2) is 0 Å². The number of ether oxygens (including phenoxy) is 1. The van der Waals surface area contributed by atoms with Crippen molar-refractivity contribution in [1.29, 1.82) is 0 Å². The summed E-state index contributed by atoms with van der Waals surface area (Å²) in [7, 11) is 4.07. The maximum atomic E-state index is 6.12. The predicted octanol–water partition coefficient (Wildman–Crippen LogP) is 4.86. The van der Waals surface area contributed by atoms with E-state index in [1.807, 2.05) is 50.5 Å². The first-order valence-corrected chi connectivity index (χ1v) is 8.06. The van der Waals surface area contributed by atoms with E-state index in [4.69, 9.17) is 27.9 Å². The van der Waals surface area contributed by atoms with E-state index < -0.39 is 0 Å². The van der Waals surface area contributed by atoms with Crippen molar-refractivity contribution in [3.8, 4) is 0 Å². The van der Waals surface area contributed by atoms with Crippen molar-refractivity contribution in [1.82, 2.24) is 4.90 Å². The zero-order valence-corrected chi connectivity index (χ0v) is 14.4. The largest absolute Gasteiger partial charge is 0.372 e. The first-order chi connectivity index (χ1) is 10.5. The maximum Gasteiger partial charge on any atom is 0.0866 e. The molecule has 0 aliphatic rings. The summed E-state index contributed by atoms with van der Waals surface area (Å²) in [5.41, 5.74) is 2.24. The van der Waals surface area contributed by atoms with Gasteiger partial charge in [-0.2, -0.15) is 0 Å². The van der Waals surface area contributed by atoms with E-state index in [2.05, 4.69) is 17.0 Å². The SMILES string of the molecule is CN(C)CCOC(Cc1cccc(Cl)c1)c1cccc(Cl)c1. The second kappa shape index (κ2) is 8.54. The van der Waals surface area contributed by atoms with Gasteiger partial charge in [0.1, 0.15) is 0 Å². The third kappa shape index (κ3) is 5.62. The molecule has 0 aliphatic carbocycles. The van der Waals surface area contributed by atoms with Crippen molar-refractivity contribution in [3.05, 3.63) is 69.7 Å². The number of hydrogen-bond acceptors (Lipinski definition) is 2. The van der Waals surface area contributed by atoms with Gasteiger partial charge in [-0.05, 0) is 49.5 Å². The molecule has 0 fully saturated rings. The first kappa shape index (κ1) is 17.3. The lowest BCUT2D eigenvalue weighted by molar-refractivity contribution is 0.0437. The molecule has 0 N–H and O–H groups in total. The molecule has 4 heteroatoms. The monoisotopic (exact) mass is 337 g/mol. The van der Waals surface area contributed by atoms with Crippen LogP contribution in [0, 0.1) is 0 Å². The third-order valence-electron chi connectivity index (χ3n) is 3.39. The number of hydrogen-bond donors (Lipinski definition) is 0. The zero-order valence-electron chi connectivity index (χ0n) is 12.9. The van der Waals surface area contributed by atoms with Crippen LogP contribution in [0.1, 0.15) is 17.2 Å². The molecule has 22 heavy (non-hydrogen) atoms. The van der Waals surface area contributed by atoms with Crippen LogP contribution in [0.25, 0.3) is 0 Å². The number of likely N-dealkylation sites (N-methyl/N-ethyl adjacent to an activating group) is 1.